The van der Waals surface area contributed by atoms with Crippen molar-refractivity contribution >= 4 is 0 Å². The molecule has 0 aromatic rings. The van der Waals surface area contributed by atoms with E-state index in [1.54, 1.807) is 0 Å². The lowest BCUT2D eigenvalue weighted by Crippen LogP contribution is -2.40. The van der Waals surface area contributed by atoms with Gasteiger partial charge in [0.25, 0.3) is 0 Å². The van der Waals surface area contributed by atoms with E-state index in [1.807, 2.05) is 0 Å². The summed E-state index contributed by atoms with van der Waals surface area (Å²) in [6.07, 6.45) is 1.22. The third-order valence-corrected chi connectivity index (χ3v) is 1.30. The summed E-state index contributed by atoms with van der Waals surface area (Å²) in [6.45, 7) is 0. The standard InChI is InChI=1S/C5H11NO/c1-7-5-2-4(6)3-5/h4-5H,2-3,6H2,1H3/i1D3. The van der Waals surface area contributed by atoms with Gasteiger partial charge in [0.15, 0.2) is 0 Å². The number of hydrogen-bond donors (Lipinski definition) is 1. The van der Waals surface area contributed by atoms with Crippen LogP contribution in [0, 0.1) is 0 Å². The Hall–Kier alpha value is -0.0800. The van der Waals surface area contributed by atoms with Crippen LogP contribution in [-0.2, 0) is 4.74 Å². The normalized spacial score (nSPS) is 48.4. The van der Waals surface area contributed by atoms with Crippen LogP contribution in [0.2, 0.25) is 0 Å². The molecule has 1 aliphatic rings. The molecule has 0 unspecified atom stereocenters. The molecule has 0 atom stereocenters. The number of methoxy groups -OCH3 is 1. The lowest BCUT2D eigenvalue weighted by molar-refractivity contribution is 0.0279. The second-order valence-electron chi connectivity index (χ2n) is 1.97. The van der Waals surface area contributed by atoms with E-state index in [1.165, 1.54) is 0 Å². The van der Waals surface area contributed by atoms with E-state index in [2.05, 4.69) is 4.74 Å². The van der Waals surface area contributed by atoms with Crippen molar-refractivity contribution in [2.45, 2.75) is 25.0 Å². The van der Waals surface area contributed by atoms with Crippen LogP contribution >= 0.6 is 0 Å². The Labute approximate surface area is 47.9 Å². The summed E-state index contributed by atoms with van der Waals surface area (Å²) >= 11 is 0. The summed E-state index contributed by atoms with van der Waals surface area (Å²) < 4.78 is 24.9. The number of nitrogens with two attached hydrogens (primary N) is 1. The smallest absolute Gasteiger partial charge is 0.0600 e. The van der Waals surface area contributed by atoms with Gasteiger partial charge in [-0.25, -0.2) is 0 Å². The maximum Gasteiger partial charge on any atom is 0.0600 e. The maximum atomic E-state index is 6.74. The molecule has 1 rings (SSSR count). The zero-order valence-electron chi connectivity index (χ0n) is 7.05. The van der Waals surface area contributed by atoms with Gasteiger partial charge in [0.2, 0.25) is 0 Å². The zero-order chi connectivity index (χ0) is 7.78. The highest BCUT2D eigenvalue weighted by atomic mass is 16.5. The van der Waals surface area contributed by atoms with Gasteiger partial charge in [0.05, 0.1) is 10.2 Å². The highest BCUT2D eigenvalue weighted by molar-refractivity contribution is 4.82. The molecule has 2 heteroatoms. The first-order valence-electron chi connectivity index (χ1n) is 3.91. The average Bonchev–Trinajstić information content (AvgIpc) is 1.57. The van der Waals surface area contributed by atoms with Crippen molar-refractivity contribution in [2.75, 3.05) is 7.04 Å². The lowest BCUT2D eigenvalue weighted by Gasteiger charge is -2.30. The van der Waals surface area contributed by atoms with Crippen LogP contribution in [0.1, 0.15) is 17.0 Å². The molecular formula is C5H11NO. The van der Waals surface area contributed by atoms with Gasteiger partial charge in [-0.2, -0.15) is 0 Å². The number of rotatable bonds is 1. The summed E-state index contributed by atoms with van der Waals surface area (Å²) in [5.74, 6) is 0. The zero-order valence-corrected chi connectivity index (χ0v) is 4.05. The molecule has 0 aromatic carbocycles. The van der Waals surface area contributed by atoms with Crippen molar-refractivity contribution in [3.8, 4) is 0 Å². The predicted octanol–water partition coefficient (Wildman–Crippen LogP) is 0.123. The van der Waals surface area contributed by atoms with Crippen LogP contribution < -0.4 is 5.73 Å². The molecule has 7 heavy (non-hydrogen) atoms. The van der Waals surface area contributed by atoms with Gasteiger partial charge in [-0.15, -0.1) is 0 Å². The predicted molar refractivity (Wildman–Crippen MR) is 28.0 cm³/mol. The number of hydrogen-bond acceptors (Lipinski definition) is 2. The maximum absolute atomic E-state index is 6.74. The van der Waals surface area contributed by atoms with Gasteiger partial charge in [0.1, 0.15) is 0 Å². The van der Waals surface area contributed by atoms with Gasteiger partial charge >= 0.3 is 0 Å². The van der Waals surface area contributed by atoms with Crippen molar-refractivity contribution < 1.29 is 8.85 Å². The van der Waals surface area contributed by atoms with E-state index >= 15 is 0 Å². The van der Waals surface area contributed by atoms with Crippen LogP contribution in [0.5, 0.6) is 0 Å². The van der Waals surface area contributed by atoms with Gasteiger partial charge in [-0.05, 0) is 12.8 Å². The lowest BCUT2D eigenvalue weighted by atomic mass is 9.90. The summed E-state index contributed by atoms with van der Waals surface area (Å²) in [4.78, 5) is 0. The van der Waals surface area contributed by atoms with Gasteiger partial charge < -0.3 is 10.5 Å². The Morgan fingerprint density at radius 3 is 3.00 bits per heavy atom. The molecule has 1 saturated carbocycles. The summed E-state index contributed by atoms with van der Waals surface area (Å²) in [5.41, 5.74) is 5.42. The molecule has 42 valence electrons. The van der Waals surface area contributed by atoms with Crippen molar-refractivity contribution in [3.05, 3.63) is 0 Å². The highest BCUT2D eigenvalue weighted by Gasteiger charge is 2.24. The molecule has 2 nitrogen and oxygen atoms in total. The molecule has 0 aromatic heterocycles. The summed E-state index contributed by atoms with van der Waals surface area (Å²) in [7, 11) is -2.25. The minimum atomic E-state index is -2.25. The van der Waals surface area contributed by atoms with E-state index in [-0.39, 0.29) is 12.1 Å². The minimum Gasteiger partial charge on any atom is -0.381 e. The SMILES string of the molecule is [2H]C([2H])([2H])OC1CC(N)C1. The van der Waals surface area contributed by atoms with E-state index in [0.29, 0.717) is 12.8 Å². The Morgan fingerprint density at radius 1 is 1.86 bits per heavy atom. The average molecular weight is 104 g/mol. The largest absolute Gasteiger partial charge is 0.381 e. The fraction of sp³-hybridized carbons (Fsp3) is 1.00. The van der Waals surface area contributed by atoms with E-state index in [9.17, 15) is 0 Å². The number of ether oxygens (including phenoxy) is 1. The molecule has 0 radical (unpaired) electrons. The molecule has 0 heterocycles. The molecule has 0 bridgehead atoms. The molecule has 0 saturated heterocycles. The molecule has 0 amide bonds. The minimum absolute atomic E-state index is 0.137. The first-order chi connectivity index (χ1) is 4.47. The monoisotopic (exact) mass is 104 g/mol. The summed E-state index contributed by atoms with van der Waals surface area (Å²) in [6, 6.07) is 0.146. The van der Waals surface area contributed by atoms with Crippen LogP contribution in [0.3, 0.4) is 0 Å². The van der Waals surface area contributed by atoms with Crippen molar-refractivity contribution in [2.24, 2.45) is 5.73 Å². The quantitative estimate of drug-likeness (QED) is 0.513. The Bertz CT molecular complexity index is 119. The summed E-state index contributed by atoms with van der Waals surface area (Å²) in [5, 5.41) is 0. The van der Waals surface area contributed by atoms with Crippen molar-refractivity contribution in [3.63, 3.8) is 0 Å². The third-order valence-electron chi connectivity index (χ3n) is 1.30. The Balaban J connectivity index is 2.16. The highest BCUT2D eigenvalue weighted by Crippen LogP contribution is 2.19. The fourth-order valence-corrected chi connectivity index (χ4v) is 0.703. The first-order valence-corrected chi connectivity index (χ1v) is 2.41. The third kappa shape index (κ3) is 0.924. The van der Waals surface area contributed by atoms with Gasteiger partial charge in [-0.3, -0.25) is 0 Å². The van der Waals surface area contributed by atoms with Crippen LogP contribution in [0.4, 0.5) is 0 Å². The molecular weight excluding hydrogens is 90.1 g/mol. The second kappa shape index (κ2) is 1.80. The fourth-order valence-electron chi connectivity index (χ4n) is 0.703. The first kappa shape index (κ1) is 2.46. The molecule has 1 aliphatic carbocycles. The molecule has 1 fully saturated rings. The van der Waals surface area contributed by atoms with E-state index in [4.69, 9.17) is 9.85 Å². The molecule has 0 spiro atoms. The van der Waals surface area contributed by atoms with Gasteiger partial charge in [-0.1, -0.05) is 0 Å². The van der Waals surface area contributed by atoms with Crippen LogP contribution in [0.15, 0.2) is 0 Å². The topological polar surface area (TPSA) is 35.2 Å². The van der Waals surface area contributed by atoms with Crippen molar-refractivity contribution in [1.82, 2.24) is 0 Å². The van der Waals surface area contributed by atoms with Gasteiger partial charge in [0, 0.05) is 13.1 Å². The van der Waals surface area contributed by atoms with Crippen molar-refractivity contribution in [1.29, 1.82) is 0 Å². The molecule has 2 N–H and O–H groups in total. The Kier molecular flexibility index (Phi) is 0.634. The molecule has 0 aliphatic heterocycles. The Morgan fingerprint density at radius 2 is 2.57 bits per heavy atom. The van der Waals surface area contributed by atoms with E-state index < -0.39 is 7.04 Å². The second-order valence-corrected chi connectivity index (χ2v) is 1.97. The van der Waals surface area contributed by atoms with Crippen LogP contribution in [0.25, 0.3) is 0 Å². The van der Waals surface area contributed by atoms with E-state index in [0.717, 1.165) is 0 Å². The van der Waals surface area contributed by atoms with Crippen LogP contribution in [-0.4, -0.2) is 19.2 Å².